The van der Waals surface area contributed by atoms with Gasteiger partial charge in [-0.2, -0.15) is 0 Å². The summed E-state index contributed by atoms with van der Waals surface area (Å²) in [4.78, 5) is 27.0. The van der Waals surface area contributed by atoms with Crippen molar-refractivity contribution < 1.29 is 14.7 Å². The molecule has 0 saturated carbocycles. The molecule has 2 heterocycles. The second kappa shape index (κ2) is 8.19. The minimum atomic E-state index is -0.744. The molecule has 0 unspecified atom stereocenters. The van der Waals surface area contributed by atoms with Gasteiger partial charge in [-0.25, -0.2) is 4.79 Å². The van der Waals surface area contributed by atoms with E-state index in [-0.39, 0.29) is 11.9 Å². The van der Waals surface area contributed by atoms with Crippen molar-refractivity contribution in [1.82, 2.24) is 20.4 Å². The number of carboxylic acids is 1. The van der Waals surface area contributed by atoms with Gasteiger partial charge < -0.3 is 25.5 Å². The van der Waals surface area contributed by atoms with Crippen LogP contribution in [0.3, 0.4) is 0 Å². The molecule has 2 aliphatic rings. The maximum Gasteiger partial charge on any atom is 0.317 e. The zero-order valence-corrected chi connectivity index (χ0v) is 12.5. The van der Waals surface area contributed by atoms with Crippen LogP contribution < -0.4 is 10.6 Å². The number of hydrogen-bond acceptors (Lipinski definition) is 4. The van der Waals surface area contributed by atoms with E-state index in [1.165, 1.54) is 0 Å². The molecular weight excluding hydrogens is 272 g/mol. The van der Waals surface area contributed by atoms with Crippen molar-refractivity contribution in [3.8, 4) is 0 Å². The Hall–Kier alpha value is -1.34. The Morgan fingerprint density at radius 3 is 2.43 bits per heavy atom. The molecule has 0 aromatic rings. The van der Waals surface area contributed by atoms with E-state index in [2.05, 4.69) is 15.5 Å². The first-order chi connectivity index (χ1) is 10.2. The molecule has 7 heteroatoms. The molecule has 0 atom stereocenters. The fourth-order valence-electron chi connectivity index (χ4n) is 2.87. The summed E-state index contributed by atoms with van der Waals surface area (Å²) in [5, 5.41) is 15.2. The molecule has 2 fully saturated rings. The number of urea groups is 1. The van der Waals surface area contributed by atoms with Crippen LogP contribution in [-0.2, 0) is 4.79 Å². The highest BCUT2D eigenvalue weighted by Crippen LogP contribution is 2.17. The zero-order valence-electron chi connectivity index (χ0n) is 12.5. The van der Waals surface area contributed by atoms with Gasteiger partial charge in [0, 0.05) is 45.8 Å². The fourth-order valence-corrected chi connectivity index (χ4v) is 2.87. The quantitative estimate of drug-likeness (QED) is 0.612. The Bertz CT molecular complexity index is 350. The number of nitrogens with one attached hydrogen (secondary N) is 2. The Labute approximate surface area is 125 Å². The van der Waals surface area contributed by atoms with E-state index in [0.717, 1.165) is 39.1 Å². The van der Waals surface area contributed by atoms with E-state index >= 15 is 0 Å². The van der Waals surface area contributed by atoms with Crippen molar-refractivity contribution in [2.75, 3.05) is 52.4 Å². The van der Waals surface area contributed by atoms with Crippen molar-refractivity contribution in [3.05, 3.63) is 0 Å². The molecule has 120 valence electrons. The molecular formula is C14H26N4O3. The lowest BCUT2D eigenvalue weighted by atomic mass is 9.97. The molecule has 2 saturated heterocycles. The summed E-state index contributed by atoms with van der Waals surface area (Å²) in [6.07, 6.45) is 2.07. The van der Waals surface area contributed by atoms with Crippen molar-refractivity contribution in [1.29, 1.82) is 0 Å². The molecule has 0 spiro atoms. The average Bonchev–Trinajstić information content (AvgIpc) is 2.52. The van der Waals surface area contributed by atoms with Crippen LogP contribution in [0.15, 0.2) is 0 Å². The third-order valence-electron chi connectivity index (χ3n) is 4.27. The molecule has 3 N–H and O–H groups in total. The van der Waals surface area contributed by atoms with Crippen LogP contribution in [-0.4, -0.2) is 79.3 Å². The predicted octanol–water partition coefficient (Wildman–Crippen LogP) is -0.212. The number of aliphatic carboxylic acids is 1. The van der Waals surface area contributed by atoms with Crippen molar-refractivity contribution in [2.45, 2.75) is 19.3 Å². The van der Waals surface area contributed by atoms with E-state index in [4.69, 9.17) is 5.11 Å². The van der Waals surface area contributed by atoms with Gasteiger partial charge in [0.1, 0.15) is 0 Å². The molecule has 21 heavy (non-hydrogen) atoms. The molecule has 0 aliphatic carbocycles. The summed E-state index contributed by atoms with van der Waals surface area (Å²) >= 11 is 0. The number of hydrogen-bond donors (Lipinski definition) is 3. The third kappa shape index (κ3) is 5.17. The smallest absolute Gasteiger partial charge is 0.317 e. The molecule has 2 aliphatic heterocycles. The second-order valence-corrected chi connectivity index (χ2v) is 5.78. The van der Waals surface area contributed by atoms with Crippen LogP contribution >= 0.6 is 0 Å². The molecule has 2 amide bonds. The monoisotopic (exact) mass is 298 g/mol. The first kappa shape index (κ1) is 16.0. The van der Waals surface area contributed by atoms with Crippen molar-refractivity contribution in [3.63, 3.8) is 0 Å². The number of carbonyl (C=O) groups is 2. The van der Waals surface area contributed by atoms with Gasteiger partial charge in [-0.15, -0.1) is 0 Å². The van der Waals surface area contributed by atoms with Crippen LogP contribution in [0.25, 0.3) is 0 Å². The Kier molecular flexibility index (Phi) is 6.25. The van der Waals surface area contributed by atoms with Crippen LogP contribution in [0.4, 0.5) is 4.79 Å². The highest BCUT2D eigenvalue weighted by Gasteiger charge is 2.26. The average molecular weight is 298 g/mol. The standard InChI is InChI=1S/C14H26N4O3/c19-13(20)12-2-8-18(9-3-12)14(21)16-4-1-7-17-10-5-15-6-11-17/h12,15H,1-11H2,(H,16,21)(H,19,20). The second-order valence-electron chi connectivity index (χ2n) is 5.78. The Morgan fingerprint density at radius 2 is 1.81 bits per heavy atom. The first-order valence-electron chi connectivity index (χ1n) is 7.85. The number of carbonyl (C=O) groups excluding carboxylic acids is 1. The van der Waals surface area contributed by atoms with Gasteiger partial charge in [-0.1, -0.05) is 0 Å². The van der Waals surface area contributed by atoms with Crippen LogP contribution in [0, 0.1) is 5.92 Å². The van der Waals surface area contributed by atoms with Gasteiger partial charge in [-0.05, 0) is 25.8 Å². The summed E-state index contributed by atoms with van der Waals surface area (Å²) in [6.45, 7) is 7.04. The summed E-state index contributed by atoms with van der Waals surface area (Å²) < 4.78 is 0. The molecule has 0 aromatic heterocycles. The molecule has 2 rings (SSSR count). The molecule has 0 aromatic carbocycles. The highest BCUT2D eigenvalue weighted by molar-refractivity contribution is 5.75. The summed E-state index contributed by atoms with van der Waals surface area (Å²) in [6, 6.07) is -0.0563. The lowest BCUT2D eigenvalue weighted by Gasteiger charge is -2.30. The van der Waals surface area contributed by atoms with E-state index in [0.29, 0.717) is 32.5 Å². The fraction of sp³-hybridized carbons (Fsp3) is 0.857. The number of piperazine rings is 1. The molecule has 0 radical (unpaired) electrons. The normalized spacial score (nSPS) is 21.2. The summed E-state index contributed by atoms with van der Waals surface area (Å²) in [5.41, 5.74) is 0. The van der Waals surface area contributed by atoms with Crippen molar-refractivity contribution in [2.24, 2.45) is 5.92 Å². The van der Waals surface area contributed by atoms with Gasteiger partial charge in [0.15, 0.2) is 0 Å². The number of carboxylic acid groups (broad SMARTS) is 1. The number of nitrogens with zero attached hydrogens (tertiary/aromatic N) is 2. The van der Waals surface area contributed by atoms with E-state index < -0.39 is 5.97 Å². The minimum absolute atomic E-state index is 0.0563. The van der Waals surface area contributed by atoms with Gasteiger partial charge in [0.2, 0.25) is 0 Å². The van der Waals surface area contributed by atoms with Crippen LogP contribution in [0.5, 0.6) is 0 Å². The number of likely N-dealkylation sites (tertiary alicyclic amines) is 1. The topological polar surface area (TPSA) is 84.9 Å². The number of piperidine rings is 1. The minimum Gasteiger partial charge on any atom is -0.481 e. The maximum atomic E-state index is 12.0. The van der Waals surface area contributed by atoms with Gasteiger partial charge >= 0.3 is 12.0 Å². The third-order valence-corrected chi connectivity index (χ3v) is 4.27. The Morgan fingerprint density at radius 1 is 1.14 bits per heavy atom. The summed E-state index contributed by atoms with van der Waals surface area (Å²) in [5.74, 6) is -1.03. The van der Waals surface area contributed by atoms with Gasteiger partial charge in [-0.3, -0.25) is 4.79 Å². The van der Waals surface area contributed by atoms with Gasteiger partial charge in [0.05, 0.1) is 5.92 Å². The maximum absolute atomic E-state index is 12.0. The summed E-state index contributed by atoms with van der Waals surface area (Å²) in [7, 11) is 0. The van der Waals surface area contributed by atoms with Gasteiger partial charge in [0.25, 0.3) is 0 Å². The molecule has 7 nitrogen and oxygen atoms in total. The van der Waals surface area contributed by atoms with Crippen LogP contribution in [0.1, 0.15) is 19.3 Å². The van der Waals surface area contributed by atoms with E-state index in [1.54, 1.807) is 4.90 Å². The number of rotatable bonds is 5. The van der Waals surface area contributed by atoms with Crippen LogP contribution in [0.2, 0.25) is 0 Å². The number of amides is 2. The lowest BCUT2D eigenvalue weighted by molar-refractivity contribution is -0.143. The SMILES string of the molecule is O=C(O)C1CCN(C(=O)NCCCN2CCNCC2)CC1. The van der Waals surface area contributed by atoms with E-state index in [9.17, 15) is 9.59 Å². The predicted molar refractivity (Wildman–Crippen MR) is 79.3 cm³/mol. The molecule has 0 bridgehead atoms. The van der Waals surface area contributed by atoms with E-state index in [1.807, 2.05) is 0 Å². The van der Waals surface area contributed by atoms with Crippen molar-refractivity contribution >= 4 is 12.0 Å². The largest absolute Gasteiger partial charge is 0.481 e. The first-order valence-corrected chi connectivity index (χ1v) is 7.85. The zero-order chi connectivity index (χ0) is 15.1. The Balaban J connectivity index is 1.56. The highest BCUT2D eigenvalue weighted by atomic mass is 16.4. The lowest BCUT2D eigenvalue weighted by Crippen LogP contribution is -2.47.